The van der Waals surface area contributed by atoms with Crippen molar-refractivity contribution in [1.82, 2.24) is 0 Å². The van der Waals surface area contributed by atoms with Crippen LogP contribution in [0, 0.1) is 15.9 Å². The van der Waals surface area contributed by atoms with E-state index in [0.717, 1.165) is 6.07 Å². The van der Waals surface area contributed by atoms with Crippen molar-refractivity contribution in [2.75, 3.05) is 5.33 Å². The molecule has 0 aliphatic carbocycles. The van der Waals surface area contributed by atoms with Gasteiger partial charge in [0.15, 0.2) is 12.1 Å². The molecule has 0 amide bonds. The van der Waals surface area contributed by atoms with Crippen molar-refractivity contribution >= 4 is 33.7 Å². The fourth-order valence-electron chi connectivity index (χ4n) is 1.13. The molecule has 1 rings (SSSR count). The fraction of sp³-hybridized carbons (Fsp3) is 0.111. The van der Waals surface area contributed by atoms with E-state index in [1.807, 2.05) is 0 Å². The van der Waals surface area contributed by atoms with Crippen LogP contribution < -0.4 is 0 Å². The number of hydrogen-bond acceptors (Lipinski definition) is 4. The Labute approximate surface area is 97.5 Å². The molecule has 0 fully saturated rings. The van der Waals surface area contributed by atoms with Crippen LogP contribution in [0.25, 0.3) is 0 Å². The lowest BCUT2D eigenvalue weighted by molar-refractivity contribution is -0.387. The van der Waals surface area contributed by atoms with E-state index in [0.29, 0.717) is 6.07 Å². The average molecular weight is 290 g/mol. The first kappa shape index (κ1) is 12.4. The van der Waals surface area contributed by atoms with Crippen LogP contribution in [0.4, 0.5) is 10.1 Å². The van der Waals surface area contributed by atoms with Gasteiger partial charge in [-0.2, -0.15) is 4.39 Å². The van der Waals surface area contributed by atoms with Gasteiger partial charge in [-0.3, -0.25) is 19.7 Å². The summed E-state index contributed by atoms with van der Waals surface area (Å²) in [6, 6.07) is 1.45. The van der Waals surface area contributed by atoms with Gasteiger partial charge in [0, 0.05) is 17.2 Å². The van der Waals surface area contributed by atoms with E-state index in [1.54, 1.807) is 0 Å². The van der Waals surface area contributed by atoms with Crippen molar-refractivity contribution < 1.29 is 18.9 Å². The van der Waals surface area contributed by atoms with Crippen LogP contribution in [0.2, 0.25) is 0 Å². The van der Waals surface area contributed by atoms with Gasteiger partial charge in [0.1, 0.15) is 0 Å². The number of nitrogens with zero attached hydrogens (tertiary/aromatic N) is 1. The maximum atomic E-state index is 13.1. The Kier molecular flexibility index (Phi) is 3.83. The molecular weight excluding hydrogens is 285 g/mol. The maximum absolute atomic E-state index is 13.1. The third-order valence-corrected chi connectivity index (χ3v) is 2.37. The number of carbonyl (C=O) groups excluding carboxylic acids is 2. The van der Waals surface area contributed by atoms with E-state index in [1.165, 1.54) is 0 Å². The van der Waals surface area contributed by atoms with Crippen LogP contribution in [0.15, 0.2) is 12.1 Å². The predicted molar refractivity (Wildman–Crippen MR) is 56.6 cm³/mol. The normalized spacial score (nSPS) is 9.88. The Morgan fingerprint density at radius 2 is 2.19 bits per heavy atom. The van der Waals surface area contributed by atoms with Gasteiger partial charge in [-0.15, -0.1) is 0 Å². The lowest BCUT2D eigenvalue weighted by atomic mass is 10.0. The van der Waals surface area contributed by atoms with E-state index in [-0.39, 0.29) is 22.7 Å². The number of halogens is 2. The molecule has 84 valence electrons. The molecule has 0 N–H and O–H groups in total. The Morgan fingerprint density at radius 1 is 1.56 bits per heavy atom. The zero-order valence-corrected chi connectivity index (χ0v) is 9.36. The molecule has 0 atom stereocenters. The molecule has 16 heavy (non-hydrogen) atoms. The van der Waals surface area contributed by atoms with Gasteiger partial charge in [0.05, 0.1) is 10.3 Å². The van der Waals surface area contributed by atoms with Gasteiger partial charge in [-0.25, -0.2) is 0 Å². The highest BCUT2D eigenvalue weighted by atomic mass is 79.9. The van der Waals surface area contributed by atoms with Crippen LogP contribution in [0.3, 0.4) is 0 Å². The summed E-state index contributed by atoms with van der Waals surface area (Å²) in [6.07, 6.45) is 0.280. The van der Waals surface area contributed by atoms with Gasteiger partial charge in [0.25, 0.3) is 0 Å². The summed E-state index contributed by atoms with van der Waals surface area (Å²) < 4.78 is 13.1. The lowest BCUT2D eigenvalue weighted by Gasteiger charge is -2.02. The molecule has 0 bridgehead atoms. The first-order valence-electron chi connectivity index (χ1n) is 4.03. The summed E-state index contributed by atoms with van der Waals surface area (Å²) in [4.78, 5) is 31.4. The summed E-state index contributed by atoms with van der Waals surface area (Å²) in [5, 5.41) is 10.3. The minimum Gasteiger partial charge on any atom is -0.298 e. The molecule has 0 aromatic heterocycles. The van der Waals surface area contributed by atoms with E-state index in [9.17, 15) is 24.1 Å². The summed E-state index contributed by atoms with van der Waals surface area (Å²) in [7, 11) is 0. The van der Waals surface area contributed by atoms with Crippen molar-refractivity contribution in [3.8, 4) is 0 Å². The number of alkyl halides is 1. The van der Waals surface area contributed by atoms with E-state index in [4.69, 9.17) is 0 Å². The van der Waals surface area contributed by atoms with Crippen molar-refractivity contribution in [2.24, 2.45) is 0 Å². The maximum Gasteiger partial charge on any atom is 0.305 e. The van der Waals surface area contributed by atoms with E-state index >= 15 is 0 Å². The minimum atomic E-state index is -1.14. The highest BCUT2D eigenvalue weighted by molar-refractivity contribution is 9.09. The minimum absolute atomic E-state index is 0.101. The molecule has 5 nitrogen and oxygen atoms in total. The Bertz CT molecular complexity index is 475. The van der Waals surface area contributed by atoms with E-state index < -0.39 is 22.2 Å². The van der Waals surface area contributed by atoms with Crippen LogP contribution in [0.5, 0.6) is 0 Å². The zero-order chi connectivity index (χ0) is 12.3. The number of nitro groups is 1. The van der Waals surface area contributed by atoms with Crippen molar-refractivity contribution in [1.29, 1.82) is 0 Å². The first-order chi connectivity index (χ1) is 7.51. The number of ketones is 1. The monoisotopic (exact) mass is 289 g/mol. The second kappa shape index (κ2) is 4.93. The van der Waals surface area contributed by atoms with Gasteiger partial charge < -0.3 is 0 Å². The quantitative estimate of drug-likeness (QED) is 0.280. The van der Waals surface area contributed by atoms with Crippen LogP contribution in [0.1, 0.15) is 20.7 Å². The van der Waals surface area contributed by atoms with Crippen LogP contribution >= 0.6 is 15.9 Å². The molecule has 0 radical (unpaired) electrons. The fourth-order valence-corrected chi connectivity index (χ4v) is 1.43. The summed E-state index contributed by atoms with van der Waals surface area (Å²) in [5.74, 6) is -1.66. The number of hydrogen-bond donors (Lipinski definition) is 0. The van der Waals surface area contributed by atoms with E-state index in [2.05, 4.69) is 15.9 Å². The SMILES string of the molecule is O=Cc1cc(F)c([N+](=O)[O-])cc1C(=O)CBr. The standard InChI is InChI=1S/C9H5BrFNO4/c10-3-9(14)6-2-8(12(15)16)7(11)1-5(6)4-13/h1-2,4H,3H2. The molecule has 0 unspecified atom stereocenters. The highest BCUT2D eigenvalue weighted by Gasteiger charge is 2.21. The third-order valence-electron chi connectivity index (χ3n) is 1.86. The van der Waals surface area contributed by atoms with Crippen molar-refractivity contribution in [3.05, 3.63) is 39.2 Å². The molecule has 7 heteroatoms. The summed E-state index contributed by atoms with van der Waals surface area (Å²) in [6.45, 7) is 0. The Balaban J connectivity index is 3.46. The highest BCUT2D eigenvalue weighted by Crippen LogP contribution is 2.22. The predicted octanol–water partition coefficient (Wildman–Crippen LogP) is 2.12. The molecule has 0 saturated carbocycles. The second-order valence-electron chi connectivity index (χ2n) is 2.82. The molecule has 0 spiro atoms. The first-order valence-corrected chi connectivity index (χ1v) is 5.15. The number of nitro benzene ring substituents is 1. The molecule has 1 aromatic carbocycles. The van der Waals surface area contributed by atoms with Crippen LogP contribution in [-0.2, 0) is 0 Å². The third kappa shape index (κ3) is 2.30. The molecule has 0 saturated heterocycles. The van der Waals surface area contributed by atoms with Gasteiger partial charge in [-0.05, 0) is 6.07 Å². The summed E-state index contributed by atoms with van der Waals surface area (Å²) in [5.41, 5.74) is -1.19. The van der Waals surface area contributed by atoms with Gasteiger partial charge in [0.2, 0.25) is 5.82 Å². The van der Waals surface area contributed by atoms with Crippen molar-refractivity contribution in [2.45, 2.75) is 0 Å². The molecular formula is C9H5BrFNO4. The molecule has 0 aliphatic heterocycles. The number of aldehydes is 1. The number of Topliss-reactive ketones (excluding diaryl/α,β-unsaturated/α-hetero) is 1. The number of carbonyl (C=O) groups is 2. The number of benzene rings is 1. The largest absolute Gasteiger partial charge is 0.305 e. The smallest absolute Gasteiger partial charge is 0.298 e. The lowest BCUT2D eigenvalue weighted by Crippen LogP contribution is -2.07. The van der Waals surface area contributed by atoms with Gasteiger partial charge in [-0.1, -0.05) is 15.9 Å². The van der Waals surface area contributed by atoms with Crippen molar-refractivity contribution in [3.63, 3.8) is 0 Å². The topological polar surface area (TPSA) is 77.3 Å². The second-order valence-corrected chi connectivity index (χ2v) is 3.38. The average Bonchev–Trinajstić information content (AvgIpc) is 2.27. The van der Waals surface area contributed by atoms with Crippen LogP contribution in [-0.4, -0.2) is 22.3 Å². The molecule has 1 aromatic rings. The number of rotatable bonds is 4. The Hall–Kier alpha value is -1.63. The zero-order valence-electron chi connectivity index (χ0n) is 7.78. The van der Waals surface area contributed by atoms with Gasteiger partial charge >= 0.3 is 5.69 Å². The summed E-state index contributed by atoms with van der Waals surface area (Å²) >= 11 is 2.87. The Morgan fingerprint density at radius 3 is 2.62 bits per heavy atom. The molecule has 0 heterocycles. The molecule has 0 aliphatic rings.